The number of nitrogens with zero attached hydrogens (tertiary/aromatic N) is 2. The number of halogens is 4. The van der Waals surface area contributed by atoms with E-state index >= 15 is 0 Å². The summed E-state index contributed by atoms with van der Waals surface area (Å²) < 4.78 is 39.3. The van der Waals surface area contributed by atoms with Crippen molar-refractivity contribution in [3.63, 3.8) is 0 Å². The highest BCUT2D eigenvalue weighted by Gasteiger charge is 2.35. The molecule has 0 bridgehead atoms. The average molecular weight is 366 g/mol. The summed E-state index contributed by atoms with van der Waals surface area (Å²) in [5, 5.41) is 5.36. The Balaban J connectivity index is 2.33. The lowest BCUT2D eigenvalue weighted by Gasteiger charge is -2.19. The van der Waals surface area contributed by atoms with E-state index in [-0.39, 0.29) is 16.3 Å². The van der Waals surface area contributed by atoms with Gasteiger partial charge in [0.2, 0.25) is 0 Å². The van der Waals surface area contributed by atoms with Gasteiger partial charge in [-0.2, -0.15) is 13.2 Å². The fraction of sp³-hybridized carbons (Fsp3) is 0.333. The third kappa shape index (κ3) is 3.49. The van der Waals surface area contributed by atoms with Crippen LogP contribution in [0.4, 0.5) is 19.0 Å². The predicted molar refractivity (Wildman–Crippen MR) is 75.7 cm³/mol. The minimum absolute atomic E-state index is 0.178. The highest BCUT2D eigenvalue weighted by molar-refractivity contribution is 9.10. The molecule has 0 aromatic carbocycles. The van der Waals surface area contributed by atoms with Gasteiger partial charge < -0.3 is 5.32 Å². The number of nitrogens with one attached hydrogen (secondary N) is 1. The Morgan fingerprint density at radius 1 is 1.40 bits per heavy atom. The predicted octanol–water partition coefficient (Wildman–Crippen LogP) is 4.88. The molecule has 0 fully saturated rings. The SMILES string of the molecule is CCC(Nc1ncc(Br)cc1C(F)(F)F)c1nccs1. The van der Waals surface area contributed by atoms with Crippen molar-refractivity contribution < 1.29 is 13.2 Å². The van der Waals surface area contributed by atoms with Gasteiger partial charge in [-0.3, -0.25) is 0 Å². The first-order valence-corrected chi connectivity index (χ1v) is 7.47. The molecule has 20 heavy (non-hydrogen) atoms. The van der Waals surface area contributed by atoms with Crippen molar-refractivity contribution in [2.24, 2.45) is 0 Å². The van der Waals surface area contributed by atoms with Crippen molar-refractivity contribution in [2.75, 3.05) is 5.32 Å². The molecule has 2 aromatic rings. The van der Waals surface area contributed by atoms with Gasteiger partial charge in [0, 0.05) is 22.2 Å². The van der Waals surface area contributed by atoms with Gasteiger partial charge in [0.15, 0.2) is 0 Å². The van der Waals surface area contributed by atoms with Crippen molar-refractivity contribution in [3.8, 4) is 0 Å². The topological polar surface area (TPSA) is 37.8 Å². The molecule has 0 saturated heterocycles. The van der Waals surface area contributed by atoms with Crippen molar-refractivity contribution in [1.29, 1.82) is 0 Å². The fourth-order valence-corrected chi connectivity index (χ4v) is 2.78. The second kappa shape index (κ2) is 6.09. The van der Waals surface area contributed by atoms with Crippen LogP contribution < -0.4 is 5.32 Å². The lowest BCUT2D eigenvalue weighted by molar-refractivity contribution is -0.137. The Morgan fingerprint density at radius 3 is 2.70 bits per heavy atom. The van der Waals surface area contributed by atoms with Gasteiger partial charge in [0.05, 0.1) is 11.6 Å². The van der Waals surface area contributed by atoms with E-state index in [0.717, 1.165) is 11.1 Å². The summed E-state index contributed by atoms with van der Waals surface area (Å²) in [7, 11) is 0. The Labute approximate surface area is 126 Å². The molecule has 0 aliphatic rings. The van der Waals surface area contributed by atoms with Crippen LogP contribution in [0.5, 0.6) is 0 Å². The molecular weight excluding hydrogens is 355 g/mol. The number of alkyl halides is 3. The normalized spacial score (nSPS) is 13.2. The second-order valence-corrected chi connectivity index (χ2v) is 5.86. The molecule has 0 amide bonds. The molecule has 2 rings (SSSR count). The molecular formula is C12H11BrF3N3S. The number of pyridine rings is 1. The first kappa shape index (κ1) is 15.2. The number of hydrogen-bond donors (Lipinski definition) is 1. The first-order chi connectivity index (χ1) is 9.41. The zero-order chi connectivity index (χ0) is 14.8. The van der Waals surface area contributed by atoms with Crippen molar-refractivity contribution in [3.05, 3.63) is 38.9 Å². The monoisotopic (exact) mass is 365 g/mol. The number of aromatic nitrogens is 2. The zero-order valence-electron chi connectivity index (χ0n) is 10.4. The average Bonchev–Trinajstić information content (AvgIpc) is 2.90. The zero-order valence-corrected chi connectivity index (χ0v) is 12.8. The summed E-state index contributed by atoms with van der Waals surface area (Å²) in [5.41, 5.74) is -0.790. The number of anilines is 1. The Bertz CT molecular complexity index is 572. The van der Waals surface area contributed by atoms with E-state index in [9.17, 15) is 13.2 Å². The summed E-state index contributed by atoms with van der Waals surface area (Å²) in [4.78, 5) is 7.97. The van der Waals surface area contributed by atoms with E-state index in [0.29, 0.717) is 6.42 Å². The first-order valence-electron chi connectivity index (χ1n) is 5.80. The Morgan fingerprint density at radius 2 is 2.15 bits per heavy atom. The van der Waals surface area contributed by atoms with Gasteiger partial charge in [0.1, 0.15) is 10.8 Å². The fourth-order valence-electron chi connectivity index (χ4n) is 1.68. The molecule has 108 valence electrons. The minimum atomic E-state index is -4.46. The number of rotatable bonds is 4. The van der Waals surface area contributed by atoms with Crippen LogP contribution in [0.3, 0.4) is 0 Å². The molecule has 3 nitrogen and oxygen atoms in total. The standard InChI is InChI=1S/C12H11BrF3N3S/c1-2-9(11-17-3-4-20-11)19-10-8(12(14,15)16)5-7(13)6-18-10/h3-6,9H,2H2,1H3,(H,18,19). The maximum absolute atomic E-state index is 13.0. The largest absolute Gasteiger partial charge is 0.419 e. The van der Waals surface area contributed by atoms with Crippen LogP contribution in [-0.4, -0.2) is 9.97 Å². The number of thiazole rings is 1. The van der Waals surface area contributed by atoms with Crippen LogP contribution in [-0.2, 0) is 6.18 Å². The lowest BCUT2D eigenvalue weighted by Crippen LogP contribution is -2.16. The summed E-state index contributed by atoms with van der Waals surface area (Å²) in [5.74, 6) is -0.178. The molecule has 0 saturated carbocycles. The molecule has 1 unspecified atom stereocenters. The van der Waals surface area contributed by atoms with E-state index in [1.165, 1.54) is 17.5 Å². The molecule has 0 aliphatic heterocycles. The van der Waals surface area contributed by atoms with Crippen LogP contribution in [0.1, 0.15) is 30.0 Å². The molecule has 2 aromatic heterocycles. The van der Waals surface area contributed by atoms with Crippen LogP contribution in [0.15, 0.2) is 28.3 Å². The molecule has 1 N–H and O–H groups in total. The second-order valence-electron chi connectivity index (χ2n) is 4.02. The van der Waals surface area contributed by atoms with E-state index in [1.54, 1.807) is 11.6 Å². The quantitative estimate of drug-likeness (QED) is 0.838. The van der Waals surface area contributed by atoms with Crippen LogP contribution >= 0.6 is 27.3 Å². The van der Waals surface area contributed by atoms with Gasteiger partial charge in [-0.15, -0.1) is 11.3 Å². The number of hydrogen-bond acceptors (Lipinski definition) is 4. The highest BCUT2D eigenvalue weighted by Crippen LogP contribution is 2.37. The molecule has 0 spiro atoms. The van der Waals surface area contributed by atoms with E-state index in [4.69, 9.17) is 0 Å². The smallest absolute Gasteiger partial charge is 0.360 e. The summed E-state index contributed by atoms with van der Waals surface area (Å²) >= 11 is 4.41. The third-order valence-electron chi connectivity index (χ3n) is 2.63. The maximum Gasteiger partial charge on any atom is 0.419 e. The molecule has 0 aliphatic carbocycles. The van der Waals surface area contributed by atoms with Crippen LogP contribution in [0.2, 0.25) is 0 Å². The third-order valence-corrected chi connectivity index (χ3v) is 3.95. The Kier molecular flexibility index (Phi) is 4.64. The molecule has 0 radical (unpaired) electrons. The van der Waals surface area contributed by atoms with Gasteiger partial charge in [0.25, 0.3) is 0 Å². The summed E-state index contributed by atoms with van der Waals surface area (Å²) in [6, 6.07) is 0.731. The van der Waals surface area contributed by atoms with Crippen molar-refractivity contribution in [1.82, 2.24) is 9.97 Å². The highest BCUT2D eigenvalue weighted by atomic mass is 79.9. The minimum Gasteiger partial charge on any atom is -0.360 e. The van der Waals surface area contributed by atoms with E-state index in [1.807, 2.05) is 6.92 Å². The summed E-state index contributed by atoms with van der Waals surface area (Å²) in [6.07, 6.45) is -0.876. The van der Waals surface area contributed by atoms with Crippen molar-refractivity contribution in [2.45, 2.75) is 25.6 Å². The summed E-state index contributed by atoms with van der Waals surface area (Å²) in [6.45, 7) is 1.88. The van der Waals surface area contributed by atoms with E-state index in [2.05, 4.69) is 31.2 Å². The Hall–Kier alpha value is -1.15. The van der Waals surface area contributed by atoms with Crippen LogP contribution in [0, 0.1) is 0 Å². The lowest BCUT2D eigenvalue weighted by atomic mass is 10.2. The maximum atomic E-state index is 13.0. The van der Waals surface area contributed by atoms with Crippen LogP contribution in [0.25, 0.3) is 0 Å². The van der Waals surface area contributed by atoms with Gasteiger partial charge in [-0.1, -0.05) is 6.92 Å². The van der Waals surface area contributed by atoms with E-state index < -0.39 is 11.7 Å². The molecule has 2 heterocycles. The van der Waals surface area contributed by atoms with Gasteiger partial charge in [-0.05, 0) is 28.4 Å². The van der Waals surface area contributed by atoms with Crippen molar-refractivity contribution >= 4 is 33.1 Å². The molecule has 8 heteroatoms. The van der Waals surface area contributed by atoms with Gasteiger partial charge >= 0.3 is 6.18 Å². The van der Waals surface area contributed by atoms with Gasteiger partial charge in [-0.25, -0.2) is 9.97 Å². The molecule has 1 atom stereocenters.